The van der Waals surface area contributed by atoms with Crippen LogP contribution in [0.2, 0.25) is 0 Å². The summed E-state index contributed by atoms with van der Waals surface area (Å²) in [6, 6.07) is 17.4. The molecule has 5 nitrogen and oxygen atoms in total. The lowest BCUT2D eigenvalue weighted by atomic mass is 9.99. The van der Waals surface area contributed by atoms with Gasteiger partial charge < -0.3 is 10.1 Å². The molecule has 1 heterocycles. The number of benzene rings is 2. The van der Waals surface area contributed by atoms with Crippen LogP contribution in [-0.4, -0.2) is 42.5 Å². The minimum Gasteiger partial charge on any atom is -0.461 e. The highest BCUT2D eigenvalue weighted by atomic mass is 16.5. The molecule has 2 aromatic rings. The molecule has 0 bridgehead atoms. The minimum absolute atomic E-state index is 0.134. The van der Waals surface area contributed by atoms with Crippen molar-refractivity contribution < 1.29 is 14.3 Å². The normalized spacial score (nSPS) is 19.4. The Kier molecular flexibility index (Phi) is 6.83. The van der Waals surface area contributed by atoms with Gasteiger partial charge in [0.2, 0.25) is 0 Å². The van der Waals surface area contributed by atoms with Gasteiger partial charge in [0.05, 0.1) is 5.54 Å². The first kappa shape index (κ1) is 20.8. The number of hydrogen-bond acceptors (Lipinski definition) is 4. The zero-order chi connectivity index (χ0) is 20.7. The van der Waals surface area contributed by atoms with Crippen molar-refractivity contribution in [2.45, 2.75) is 31.8 Å². The van der Waals surface area contributed by atoms with Gasteiger partial charge in [0.25, 0.3) is 5.91 Å². The lowest BCUT2D eigenvalue weighted by Crippen LogP contribution is -2.44. The Bertz CT molecular complexity index is 861. The third-order valence-electron chi connectivity index (χ3n) is 5.46. The molecule has 0 saturated carbocycles. The molecule has 152 valence electrons. The van der Waals surface area contributed by atoms with Crippen LogP contribution in [0.1, 0.15) is 41.3 Å². The minimum atomic E-state index is -0.354. The summed E-state index contributed by atoms with van der Waals surface area (Å²) in [5.41, 5.74) is 2.55. The van der Waals surface area contributed by atoms with Gasteiger partial charge in [-0.2, -0.15) is 0 Å². The van der Waals surface area contributed by atoms with Crippen molar-refractivity contribution in [3.05, 3.63) is 77.4 Å². The maximum Gasteiger partial charge on any atom is 0.330 e. The van der Waals surface area contributed by atoms with Gasteiger partial charge in [-0.3, -0.25) is 9.69 Å². The molecule has 0 aliphatic carbocycles. The molecule has 0 unspecified atom stereocenters. The lowest BCUT2D eigenvalue weighted by molar-refractivity contribution is -0.141. The number of carbonyl (C=O) groups is 2. The Morgan fingerprint density at radius 1 is 1.14 bits per heavy atom. The fraction of sp³-hybridized carbons (Fsp3) is 0.333. The van der Waals surface area contributed by atoms with E-state index in [0.29, 0.717) is 12.2 Å². The van der Waals surface area contributed by atoms with Crippen molar-refractivity contribution in [2.75, 3.05) is 20.2 Å². The number of rotatable bonds is 7. The monoisotopic (exact) mass is 392 g/mol. The molecular formula is C24H28N2O3. The molecule has 29 heavy (non-hydrogen) atoms. The van der Waals surface area contributed by atoms with E-state index in [1.165, 1.54) is 11.6 Å². The molecule has 3 rings (SSSR count). The summed E-state index contributed by atoms with van der Waals surface area (Å²) < 4.78 is 5.57. The van der Waals surface area contributed by atoms with Crippen LogP contribution >= 0.6 is 0 Å². The average molecular weight is 392 g/mol. The Morgan fingerprint density at radius 3 is 2.55 bits per heavy atom. The Morgan fingerprint density at radius 2 is 1.86 bits per heavy atom. The fourth-order valence-electron chi connectivity index (χ4n) is 3.64. The van der Waals surface area contributed by atoms with E-state index in [-0.39, 0.29) is 17.4 Å². The maximum atomic E-state index is 12.2. The predicted molar refractivity (Wildman–Crippen MR) is 114 cm³/mol. The van der Waals surface area contributed by atoms with Crippen LogP contribution in [0, 0.1) is 0 Å². The first-order valence-corrected chi connectivity index (χ1v) is 9.96. The fourth-order valence-corrected chi connectivity index (χ4v) is 3.64. The van der Waals surface area contributed by atoms with Crippen LogP contribution in [-0.2, 0) is 16.1 Å². The molecule has 1 atom stereocenters. The maximum absolute atomic E-state index is 12.2. The summed E-state index contributed by atoms with van der Waals surface area (Å²) in [5.74, 6) is -0.488. The van der Waals surface area contributed by atoms with E-state index in [9.17, 15) is 9.59 Å². The third-order valence-corrected chi connectivity index (χ3v) is 5.46. The number of carbonyl (C=O) groups excluding carboxylic acids is 2. The number of esters is 1. The van der Waals surface area contributed by atoms with Crippen molar-refractivity contribution in [1.82, 2.24) is 10.2 Å². The van der Waals surface area contributed by atoms with E-state index in [1.54, 1.807) is 37.4 Å². The summed E-state index contributed by atoms with van der Waals surface area (Å²) in [4.78, 5) is 26.2. The molecule has 1 aliphatic heterocycles. The van der Waals surface area contributed by atoms with Gasteiger partial charge in [0.15, 0.2) is 0 Å². The van der Waals surface area contributed by atoms with E-state index in [4.69, 9.17) is 4.74 Å². The topological polar surface area (TPSA) is 58.6 Å². The number of likely N-dealkylation sites (tertiary alicyclic amines) is 1. The number of amides is 1. The first-order chi connectivity index (χ1) is 14.0. The molecule has 1 saturated heterocycles. The van der Waals surface area contributed by atoms with E-state index < -0.39 is 0 Å². The van der Waals surface area contributed by atoms with Gasteiger partial charge in [0, 0.05) is 25.2 Å². The SMILES string of the molecule is CNC(=O)c1ccc(/C=C\C(=O)OC[C@@]2(C)CCCN2Cc2ccccc2)cc1. The lowest BCUT2D eigenvalue weighted by Gasteiger charge is -2.34. The second-order valence-corrected chi connectivity index (χ2v) is 7.65. The van der Waals surface area contributed by atoms with Crippen molar-refractivity contribution in [3.63, 3.8) is 0 Å². The summed E-state index contributed by atoms with van der Waals surface area (Å²) in [5, 5.41) is 2.58. The van der Waals surface area contributed by atoms with Crippen LogP contribution in [0.3, 0.4) is 0 Å². The van der Waals surface area contributed by atoms with E-state index in [2.05, 4.69) is 41.4 Å². The van der Waals surface area contributed by atoms with Crippen LogP contribution in [0.5, 0.6) is 0 Å². The van der Waals surface area contributed by atoms with Gasteiger partial charge in [-0.15, -0.1) is 0 Å². The van der Waals surface area contributed by atoms with Crippen LogP contribution in [0.15, 0.2) is 60.7 Å². The third kappa shape index (κ3) is 5.55. The Hall–Kier alpha value is -2.92. The van der Waals surface area contributed by atoms with E-state index >= 15 is 0 Å². The van der Waals surface area contributed by atoms with Crippen LogP contribution in [0.25, 0.3) is 6.08 Å². The number of nitrogens with zero attached hydrogens (tertiary/aromatic N) is 1. The van der Waals surface area contributed by atoms with Crippen molar-refractivity contribution in [3.8, 4) is 0 Å². The zero-order valence-corrected chi connectivity index (χ0v) is 17.1. The molecule has 5 heteroatoms. The molecular weight excluding hydrogens is 364 g/mol. The predicted octanol–water partition coefficient (Wildman–Crippen LogP) is 3.66. The van der Waals surface area contributed by atoms with Crippen molar-refractivity contribution >= 4 is 18.0 Å². The summed E-state index contributed by atoms with van der Waals surface area (Å²) >= 11 is 0. The summed E-state index contributed by atoms with van der Waals surface area (Å²) in [7, 11) is 1.60. The molecule has 0 radical (unpaired) electrons. The molecule has 0 aromatic heterocycles. The molecule has 1 fully saturated rings. The smallest absolute Gasteiger partial charge is 0.330 e. The van der Waals surface area contributed by atoms with Gasteiger partial charge in [-0.1, -0.05) is 42.5 Å². The van der Waals surface area contributed by atoms with Gasteiger partial charge >= 0.3 is 5.97 Å². The van der Waals surface area contributed by atoms with E-state index in [0.717, 1.165) is 31.5 Å². The molecule has 0 spiro atoms. The largest absolute Gasteiger partial charge is 0.461 e. The standard InChI is InChI=1S/C24H28N2O3/c1-24(15-6-16-26(24)17-20-7-4-3-5-8-20)18-29-22(27)14-11-19-9-12-21(13-10-19)23(28)25-2/h3-5,7-14H,6,15-18H2,1-2H3,(H,25,28)/b14-11-/t24-/m1/s1. The number of hydrogen-bond donors (Lipinski definition) is 1. The highest BCUT2D eigenvalue weighted by Crippen LogP contribution is 2.30. The highest BCUT2D eigenvalue weighted by Gasteiger charge is 2.37. The van der Waals surface area contributed by atoms with Gasteiger partial charge in [-0.25, -0.2) is 4.79 Å². The molecule has 1 N–H and O–H groups in total. The Balaban J connectivity index is 1.53. The van der Waals surface area contributed by atoms with E-state index in [1.807, 2.05) is 6.07 Å². The summed E-state index contributed by atoms with van der Waals surface area (Å²) in [6.45, 7) is 4.41. The average Bonchev–Trinajstić information content (AvgIpc) is 3.11. The number of ether oxygens (including phenoxy) is 1. The molecule has 1 aliphatic rings. The second-order valence-electron chi connectivity index (χ2n) is 7.65. The zero-order valence-electron chi connectivity index (χ0n) is 17.1. The van der Waals surface area contributed by atoms with Crippen LogP contribution in [0.4, 0.5) is 0 Å². The molecule has 1 amide bonds. The van der Waals surface area contributed by atoms with Gasteiger partial charge in [-0.05, 0) is 55.6 Å². The van der Waals surface area contributed by atoms with Crippen molar-refractivity contribution in [2.24, 2.45) is 0 Å². The number of nitrogens with one attached hydrogen (secondary N) is 1. The first-order valence-electron chi connectivity index (χ1n) is 9.96. The van der Waals surface area contributed by atoms with Crippen molar-refractivity contribution in [1.29, 1.82) is 0 Å². The highest BCUT2D eigenvalue weighted by molar-refractivity contribution is 5.94. The molecule has 2 aromatic carbocycles. The summed E-state index contributed by atoms with van der Waals surface area (Å²) in [6.07, 6.45) is 5.26. The quantitative estimate of drug-likeness (QED) is 0.577. The van der Waals surface area contributed by atoms with Crippen LogP contribution < -0.4 is 5.32 Å². The van der Waals surface area contributed by atoms with Gasteiger partial charge in [0.1, 0.15) is 6.61 Å². The Labute approximate surface area is 172 Å². The second kappa shape index (κ2) is 9.52.